The molecule has 1 aromatic rings. The molecule has 0 saturated heterocycles. The second-order valence-electron chi connectivity index (χ2n) is 2.07. The molecule has 62 valence electrons. The maximum atomic E-state index is 8.63. The van der Waals surface area contributed by atoms with Gasteiger partial charge in [0.2, 0.25) is 0 Å². The molecule has 0 aliphatic rings. The molecule has 1 aromatic heterocycles. The number of nitrogens with zero attached hydrogens (tertiary/aromatic N) is 2. The number of nitriles is 1. The third-order valence-electron chi connectivity index (χ3n) is 1.31. The van der Waals surface area contributed by atoms with E-state index in [2.05, 4.69) is 10.2 Å². The van der Waals surface area contributed by atoms with Gasteiger partial charge in [0.05, 0.1) is 5.69 Å². The number of anilines is 1. The SMILES string of the molecule is N#Cc1c(N)n[nH]c1C=CCCl. The van der Waals surface area contributed by atoms with Gasteiger partial charge < -0.3 is 5.73 Å². The van der Waals surface area contributed by atoms with Crippen molar-refractivity contribution in [1.29, 1.82) is 5.26 Å². The molecule has 1 rings (SSSR count). The van der Waals surface area contributed by atoms with Crippen molar-refractivity contribution < 1.29 is 0 Å². The van der Waals surface area contributed by atoms with Gasteiger partial charge in [0, 0.05) is 5.88 Å². The number of H-pyrrole nitrogens is 1. The molecular formula is C7H7ClN4. The van der Waals surface area contributed by atoms with Crippen molar-refractivity contribution in [1.82, 2.24) is 10.2 Å². The number of aromatic amines is 1. The number of hydrogen-bond donors (Lipinski definition) is 2. The quantitative estimate of drug-likeness (QED) is 0.673. The first-order valence-electron chi connectivity index (χ1n) is 3.26. The zero-order chi connectivity index (χ0) is 8.97. The molecule has 0 bridgehead atoms. The fraction of sp³-hybridized carbons (Fsp3) is 0.143. The molecule has 3 N–H and O–H groups in total. The number of rotatable bonds is 2. The first-order valence-corrected chi connectivity index (χ1v) is 3.79. The van der Waals surface area contributed by atoms with Crippen molar-refractivity contribution >= 4 is 23.5 Å². The molecule has 0 aliphatic heterocycles. The van der Waals surface area contributed by atoms with Crippen LogP contribution in [0, 0.1) is 11.3 Å². The number of hydrogen-bond acceptors (Lipinski definition) is 3. The van der Waals surface area contributed by atoms with Crippen LogP contribution in [0.2, 0.25) is 0 Å². The summed E-state index contributed by atoms with van der Waals surface area (Å²) in [5, 5.41) is 14.9. The largest absolute Gasteiger partial charge is 0.381 e. The van der Waals surface area contributed by atoms with E-state index in [4.69, 9.17) is 22.6 Å². The van der Waals surface area contributed by atoms with Gasteiger partial charge >= 0.3 is 0 Å². The van der Waals surface area contributed by atoms with Crippen LogP contribution >= 0.6 is 11.6 Å². The molecular weight excluding hydrogens is 176 g/mol. The fourth-order valence-corrected chi connectivity index (χ4v) is 0.860. The number of allylic oxidation sites excluding steroid dienone is 1. The van der Waals surface area contributed by atoms with E-state index >= 15 is 0 Å². The average Bonchev–Trinajstić information content (AvgIpc) is 2.43. The highest BCUT2D eigenvalue weighted by Gasteiger charge is 2.05. The molecule has 4 nitrogen and oxygen atoms in total. The average molecular weight is 183 g/mol. The van der Waals surface area contributed by atoms with Crippen molar-refractivity contribution in [3.8, 4) is 6.07 Å². The van der Waals surface area contributed by atoms with E-state index < -0.39 is 0 Å². The van der Waals surface area contributed by atoms with E-state index in [1.54, 1.807) is 12.2 Å². The van der Waals surface area contributed by atoms with Crippen LogP contribution in [-0.4, -0.2) is 16.1 Å². The lowest BCUT2D eigenvalue weighted by atomic mass is 10.2. The summed E-state index contributed by atoms with van der Waals surface area (Å²) in [6, 6.07) is 1.94. The molecule has 0 radical (unpaired) electrons. The third-order valence-corrected chi connectivity index (χ3v) is 1.49. The van der Waals surface area contributed by atoms with Crippen molar-refractivity contribution in [3.63, 3.8) is 0 Å². The van der Waals surface area contributed by atoms with Gasteiger partial charge in [-0.05, 0) is 6.08 Å². The van der Waals surface area contributed by atoms with Gasteiger partial charge in [-0.2, -0.15) is 10.4 Å². The summed E-state index contributed by atoms with van der Waals surface area (Å²) in [4.78, 5) is 0. The summed E-state index contributed by atoms with van der Waals surface area (Å²) in [6.07, 6.45) is 3.38. The van der Waals surface area contributed by atoms with E-state index in [-0.39, 0.29) is 5.82 Å². The molecule has 0 unspecified atom stereocenters. The van der Waals surface area contributed by atoms with Gasteiger partial charge in [-0.25, -0.2) is 0 Å². The van der Waals surface area contributed by atoms with Crippen LogP contribution in [0.5, 0.6) is 0 Å². The first-order chi connectivity index (χ1) is 5.79. The Kier molecular flexibility index (Phi) is 2.72. The van der Waals surface area contributed by atoms with E-state index in [0.717, 1.165) is 0 Å². The Bertz CT molecular complexity index is 334. The van der Waals surface area contributed by atoms with E-state index in [0.29, 0.717) is 17.1 Å². The van der Waals surface area contributed by atoms with E-state index in [1.165, 1.54) is 0 Å². The zero-order valence-electron chi connectivity index (χ0n) is 6.21. The Morgan fingerprint density at radius 1 is 1.75 bits per heavy atom. The van der Waals surface area contributed by atoms with E-state index in [9.17, 15) is 0 Å². The number of aromatic nitrogens is 2. The summed E-state index contributed by atoms with van der Waals surface area (Å²) in [7, 11) is 0. The minimum absolute atomic E-state index is 0.215. The lowest BCUT2D eigenvalue weighted by molar-refractivity contribution is 1.09. The van der Waals surface area contributed by atoms with Crippen molar-refractivity contribution in [2.45, 2.75) is 0 Å². The maximum Gasteiger partial charge on any atom is 0.163 e. The summed E-state index contributed by atoms with van der Waals surface area (Å²) in [5.74, 6) is 0.607. The van der Waals surface area contributed by atoms with Gasteiger partial charge in [0.1, 0.15) is 11.6 Å². The Balaban J connectivity index is 3.01. The predicted molar refractivity (Wildman–Crippen MR) is 47.5 cm³/mol. The predicted octanol–water partition coefficient (Wildman–Crippen LogP) is 1.12. The summed E-state index contributed by atoms with van der Waals surface area (Å²) >= 11 is 5.42. The summed E-state index contributed by atoms with van der Waals surface area (Å²) in [6.45, 7) is 0. The lowest BCUT2D eigenvalue weighted by Crippen LogP contribution is -1.87. The lowest BCUT2D eigenvalue weighted by Gasteiger charge is -1.85. The van der Waals surface area contributed by atoms with Crippen LogP contribution in [0.25, 0.3) is 6.08 Å². The molecule has 0 amide bonds. The smallest absolute Gasteiger partial charge is 0.163 e. The van der Waals surface area contributed by atoms with Gasteiger partial charge in [0.15, 0.2) is 5.82 Å². The number of halogens is 1. The van der Waals surface area contributed by atoms with Crippen LogP contribution in [0.15, 0.2) is 6.08 Å². The topological polar surface area (TPSA) is 78.5 Å². The van der Waals surface area contributed by atoms with Crippen molar-refractivity contribution in [2.75, 3.05) is 11.6 Å². The van der Waals surface area contributed by atoms with Gasteiger partial charge in [-0.15, -0.1) is 11.6 Å². The Morgan fingerprint density at radius 2 is 2.50 bits per heavy atom. The number of alkyl halides is 1. The molecule has 1 heterocycles. The fourth-order valence-electron chi connectivity index (χ4n) is 0.771. The highest BCUT2D eigenvalue weighted by molar-refractivity contribution is 6.19. The summed E-state index contributed by atoms with van der Waals surface area (Å²) in [5.41, 5.74) is 6.34. The van der Waals surface area contributed by atoms with E-state index in [1.807, 2.05) is 6.07 Å². The van der Waals surface area contributed by atoms with Crippen molar-refractivity contribution in [2.24, 2.45) is 0 Å². The minimum Gasteiger partial charge on any atom is -0.381 e. The highest BCUT2D eigenvalue weighted by atomic mass is 35.5. The first kappa shape index (κ1) is 8.62. The van der Waals surface area contributed by atoms with Crippen LogP contribution in [-0.2, 0) is 0 Å². The third kappa shape index (κ3) is 1.57. The number of nitrogens with two attached hydrogens (primary N) is 1. The van der Waals surface area contributed by atoms with Gasteiger partial charge in [0.25, 0.3) is 0 Å². The second-order valence-corrected chi connectivity index (χ2v) is 2.37. The number of nitrogen functional groups attached to an aromatic ring is 1. The van der Waals surface area contributed by atoms with Crippen molar-refractivity contribution in [3.05, 3.63) is 17.3 Å². The van der Waals surface area contributed by atoms with Gasteiger partial charge in [-0.1, -0.05) is 6.08 Å². The monoisotopic (exact) mass is 182 g/mol. The number of nitrogens with one attached hydrogen (secondary N) is 1. The minimum atomic E-state index is 0.215. The Hall–Kier alpha value is -1.47. The normalized spacial score (nSPS) is 10.3. The van der Waals surface area contributed by atoms with Gasteiger partial charge in [-0.3, -0.25) is 5.10 Å². The van der Waals surface area contributed by atoms with Crippen LogP contribution in [0.4, 0.5) is 5.82 Å². The molecule has 0 aromatic carbocycles. The Morgan fingerprint density at radius 3 is 3.08 bits per heavy atom. The van der Waals surface area contributed by atoms with Crippen LogP contribution in [0.3, 0.4) is 0 Å². The molecule has 0 fully saturated rings. The molecule has 0 atom stereocenters. The molecule has 0 saturated carbocycles. The highest BCUT2D eigenvalue weighted by Crippen LogP contribution is 2.12. The molecule has 12 heavy (non-hydrogen) atoms. The molecule has 0 spiro atoms. The second kappa shape index (κ2) is 3.79. The van der Waals surface area contributed by atoms with Crippen LogP contribution < -0.4 is 5.73 Å². The standard InChI is InChI=1S/C7H7ClN4/c8-3-1-2-6-5(4-9)7(10)12-11-6/h1-2H,3H2,(H3,10,11,12). The molecule has 0 aliphatic carbocycles. The molecule has 5 heteroatoms. The summed E-state index contributed by atoms with van der Waals surface area (Å²) < 4.78 is 0. The zero-order valence-corrected chi connectivity index (χ0v) is 6.97. The Labute approximate surface area is 74.6 Å². The van der Waals surface area contributed by atoms with Crippen LogP contribution in [0.1, 0.15) is 11.3 Å². The maximum absolute atomic E-state index is 8.63.